The van der Waals surface area contributed by atoms with Crippen molar-refractivity contribution in [3.63, 3.8) is 0 Å². The highest BCUT2D eigenvalue weighted by molar-refractivity contribution is 4.81. The van der Waals surface area contributed by atoms with E-state index in [2.05, 4.69) is 33.0 Å². The average molecular weight is 213 g/mol. The summed E-state index contributed by atoms with van der Waals surface area (Å²) in [5.41, 5.74) is 0.371. The normalized spacial score (nSPS) is 24.4. The van der Waals surface area contributed by atoms with Gasteiger partial charge >= 0.3 is 0 Å². The predicted octanol–water partition coefficient (Wildman–Crippen LogP) is 2.83. The maximum Gasteiger partial charge on any atom is 0.0495 e. The molecule has 2 atom stereocenters. The highest BCUT2D eigenvalue weighted by Gasteiger charge is 2.25. The van der Waals surface area contributed by atoms with Gasteiger partial charge in [-0.15, -0.1) is 0 Å². The Balaban J connectivity index is 2.30. The summed E-state index contributed by atoms with van der Waals surface area (Å²) >= 11 is 0. The Morgan fingerprint density at radius 3 is 2.60 bits per heavy atom. The Morgan fingerprint density at radius 1 is 1.40 bits per heavy atom. The Kier molecular flexibility index (Phi) is 5.07. The molecule has 2 nitrogen and oxygen atoms in total. The van der Waals surface area contributed by atoms with Crippen LogP contribution >= 0.6 is 0 Å². The lowest BCUT2D eigenvalue weighted by molar-refractivity contribution is 0.178. The highest BCUT2D eigenvalue weighted by Crippen LogP contribution is 2.26. The van der Waals surface area contributed by atoms with E-state index >= 15 is 0 Å². The zero-order chi connectivity index (χ0) is 11.3. The van der Waals surface area contributed by atoms with E-state index in [4.69, 9.17) is 4.74 Å². The summed E-state index contributed by atoms with van der Waals surface area (Å²) in [6.45, 7) is 12.2. The van der Waals surface area contributed by atoms with Crippen molar-refractivity contribution in [3.05, 3.63) is 0 Å². The number of hydrogen-bond donors (Lipinski definition) is 1. The number of nitrogens with one attached hydrogen (secondary N) is 1. The summed E-state index contributed by atoms with van der Waals surface area (Å²) in [7, 11) is 0. The first-order valence-electron chi connectivity index (χ1n) is 6.35. The molecule has 1 saturated heterocycles. The predicted molar refractivity (Wildman–Crippen MR) is 65.1 cm³/mol. The van der Waals surface area contributed by atoms with E-state index in [1.54, 1.807) is 0 Å². The molecule has 1 aliphatic rings. The van der Waals surface area contributed by atoms with E-state index < -0.39 is 0 Å². The van der Waals surface area contributed by atoms with Crippen molar-refractivity contribution in [1.82, 2.24) is 5.32 Å². The van der Waals surface area contributed by atoms with Crippen LogP contribution in [0, 0.1) is 11.3 Å². The first-order chi connectivity index (χ1) is 7.04. The van der Waals surface area contributed by atoms with Gasteiger partial charge in [0.2, 0.25) is 0 Å². The zero-order valence-electron chi connectivity index (χ0n) is 10.8. The average Bonchev–Trinajstić information content (AvgIpc) is 2.62. The van der Waals surface area contributed by atoms with E-state index in [0.717, 1.165) is 25.7 Å². The zero-order valence-corrected chi connectivity index (χ0v) is 10.8. The van der Waals surface area contributed by atoms with E-state index in [1.165, 1.54) is 19.3 Å². The van der Waals surface area contributed by atoms with Gasteiger partial charge in [-0.25, -0.2) is 0 Å². The molecule has 0 radical (unpaired) electrons. The molecule has 0 aromatic rings. The van der Waals surface area contributed by atoms with Crippen LogP contribution in [0.1, 0.15) is 47.0 Å². The quantitative estimate of drug-likeness (QED) is 0.758. The standard InChI is InChI=1S/C13H27NO/c1-5-14-12(13(2,3)4)7-6-11-8-9-15-10-11/h11-12,14H,5-10H2,1-4H3. The molecule has 0 amide bonds. The fraction of sp³-hybridized carbons (Fsp3) is 1.00. The molecule has 0 saturated carbocycles. The van der Waals surface area contributed by atoms with Crippen molar-refractivity contribution in [2.75, 3.05) is 19.8 Å². The SMILES string of the molecule is CCNC(CCC1CCOC1)C(C)(C)C. The Hall–Kier alpha value is -0.0800. The van der Waals surface area contributed by atoms with Gasteiger partial charge in [-0.3, -0.25) is 0 Å². The van der Waals surface area contributed by atoms with Gasteiger partial charge in [0.05, 0.1) is 0 Å². The molecule has 2 heteroatoms. The van der Waals surface area contributed by atoms with Crippen LogP contribution in [0.3, 0.4) is 0 Å². The molecule has 0 bridgehead atoms. The summed E-state index contributed by atoms with van der Waals surface area (Å²) in [5, 5.41) is 3.61. The van der Waals surface area contributed by atoms with E-state index in [-0.39, 0.29) is 0 Å². The van der Waals surface area contributed by atoms with E-state index in [9.17, 15) is 0 Å². The smallest absolute Gasteiger partial charge is 0.0495 e. The van der Waals surface area contributed by atoms with Crippen LogP contribution in [0.15, 0.2) is 0 Å². The molecule has 2 unspecified atom stereocenters. The van der Waals surface area contributed by atoms with Gasteiger partial charge in [-0.05, 0) is 37.1 Å². The summed E-state index contributed by atoms with van der Waals surface area (Å²) < 4.78 is 5.41. The molecule has 0 aromatic carbocycles. The Bertz CT molecular complexity index is 168. The third kappa shape index (κ3) is 4.52. The number of hydrogen-bond acceptors (Lipinski definition) is 2. The van der Waals surface area contributed by atoms with Gasteiger partial charge in [0.15, 0.2) is 0 Å². The van der Waals surface area contributed by atoms with Crippen molar-refractivity contribution in [3.8, 4) is 0 Å². The molecule has 90 valence electrons. The molecule has 0 aliphatic carbocycles. The largest absolute Gasteiger partial charge is 0.381 e. The fourth-order valence-corrected chi connectivity index (χ4v) is 2.30. The van der Waals surface area contributed by atoms with Crippen molar-refractivity contribution < 1.29 is 4.74 Å². The lowest BCUT2D eigenvalue weighted by Gasteiger charge is -2.32. The second kappa shape index (κ2) is 5.86. The van der Waals surface area contributed by atoms with E-state index in [0.29, 0.717) is 11.5 Å². The lowest BCUT2D eigenvalue weighted by Crippen LogP contribution is -2.40. The second-order valence-electron chi connectivity index (χ2n) is 5.78. The van der Waals surface area contributed by atoms with Gasteiger partial charge < -0.3 is 10.1 Å². The van der Waals surface area contributed by atoms with Gasteiger partial charge in [0.1, 0.15) is 0 Å². The molecule has 1 rings (SSSR count). The lowest BCUT2D eigenvalue weighted by atomic mass is 9.82. The summed E-state index contributed by atoms with van der Waals surface area (Å²) in [5.74, 6) is 0.813. The molecule has 1 N–H and O–H groups in total. The van der Waals surface area contributed by atoms with Crippen molar-refractivity contribution >= 4 is 0 Å². The molecule has 0 aromatic heterocycles. The monoisotopic (exact) mass is 213 g/mol. The Morgan fingerprint density at radius 2 is 2.13 bits per heavy atom. The molecule has 0 spiro atoms. The minimum atomic E-state index is 0.371. The molecule has 1 heterocycles. The van der Waals surface area contributed by atoms with Crippen LogP contribution in [0.5, 0.6) is 0 Å². The summed E-state index contributed by atoms with van der Waals surface area (Å²) in [4.78, 5) is 0. The van der Waals surface area contributed by atoms with Crippen LogP contribution in [-0.2, 0) is 4.74 Å². The van der Waals surface area contributed by atoms with Crippen LogP contribution in [0.4, 0.5) is 0 Å². The van der Waals surface area contributed by atoms with Crippen LogP contribution in [0.2, 0.25) is 0 Å². The Labute approximate surface area is 94.8 Å². The maximum absolute atomic E-state index is 5.41. The van der Waals surface area contributed by atoms with Crippen LogP contribution < -0.4 is 5.32 Å². The molecular formula is C13H27NO. The van der Waals surface area contributed by atoms with Crippen LogP contribution in [0.25, 0.3) is 0 Å². The summed E-state index contributed by atoms with van der Waals surface area (Å²) in [6.07, 6.45) is 3.86. The van der Waals surface area contributed by atoms with Crippen molar-refractivity contribution in [2.45, 2.75) is 53.0 Å². The van der Waals surface area contributed by atoms with Gasteiger partial charge in [0, 0.05) is 19.3 Å². The third-order valence-electron chi connectivity index (χ3n) is 3.38. The highest BCUT2D eigenvalue weighted by atomic mass is 16.5. The first-order valence-corrected chi connectivity index (χ1v) is 6.35. The topological polar surface area (TPSA) is 21.3 Å². The second-order valence-corrected chi connectivity index (χ2v) is 5.78. The van der Waals surface area contributed by atoms with Gasteiger partial charge in [-0.2, -0.15) is 0 Å². The fourth-order valence-electron chi connectivity index (χ4n) is 2.30. The van der Waals surface area contributed by atoms with Gasteiger partial charge in [-0.1, -0.05) is 27.7 Å². The molecule has 15 heavy (non-hydrogen) atoms. The molecule has 1 fully saturated rings. The number of rotatable bonds is 5. The van der Waals surface area contributed by atoms with Gasteiger partial charge in [0.25, 0.3) is 0 Å². The van der Waals surface area contributed by atoms with Crippen molar-refractivity contribution in [2.24, 2.45) is 11.3 Å². The van der Waals surface area contributed by atoms with Crippen LogP contribution in [-0.4, -0.2) is 25.8 Å². The number of ether oxygens (including phenoxy) is 1. The molecular weight excluding hydrogens is 186 g/mol. The maximum atomic E-state index is 5.41. The van der Waals surface area contributed by atoms with Crippen molar-refractivity contribution in [1.29, 1.82) is 0 Å². The minimum absolute atomic E-state index is 0.371. The molecule has 1 aliphatic heterocycles. The minimum Gasteiger partial charge on any atom is -0.381 e. The first kappa shape index (κ1) is 13.0. The van der Waals surface area contributed by atoms with E-state index in [1.807, 2.05) is 0 Å². The third-order valence-corrected chi connectivity index (χ3v) is 3.38. The summed E-state index contributed by atoms with van der Waals surface area (Å²) in [6, 6.07) is 0.642.